The van der Waals surface area contributed by atoms with Crippen LogP contribution in [0.3, 0.4) is 0 Å². The number of methoxy groups -OCH3 is 1. The van der Waals surface area contributed by atoms with Crippen LogP contribution in [-0.2, 0) is 4.79 Å². The molecule has 0 saturated carbocycles. The summed E-state index contributed by atoms with van der Waals surface area (Å²) in [5.41, 5.74) is 3.21. The van der Waals surface area contributed by atoms with Gasteiger partial charge in [0.25, 0.3) is 5.91 Å². The summed E-state index contributed by atoms with van der Waals surface area (Å²) in [6.07, 6.45) is 2.30. The summed E-state index contributed by atoms with van der Waals surface area (Å²) in [5, 5.41) is 12.6. The standard InChI is InChI=1S/C22H23ClN2O3/c1-5-9-28-21-18(23)11-16(12-20(21)27-4)10-17(13-24)22(26)25-19-8-6-7-14(2)15(19)3/h6-8,10-12H,5,9H2,1-4H3,(H,25,26)/b17-10+. The fourth-order valence-corrected chi connectivity index (χ4v) is 2.83. The van der Waals surface area contributed by atoms with Gasteiger partial charge in [-0.15, -0.1) is 0 Å². The van der Waals surface area contributed by atoms with Crippen LogP contribution in [0.2, 0.25) is 5.02 Å². The molecule has 2 rings (SSSR count). The van der Waals surface area contributed by atoms with Crippen LogP contribution < -0.4 is 14.8 Å². The molecule has 0 aliphatic rings. The van der Waals surface area contributed by atoms with Gasteiger partial charge in [-0.1, -0.05) is 30.7 Å². The van der Waals surface area contributed by atoms with E-state index in [1.807, 2.05) is 39.0 Å². The van der Waals surface area contributed by atoms with Gasteiger partial charge in [-0.05, 0) is 61.2 Å². The Hall–Kier alpha value is -2.97. The highest BCUT2D eigenvalue weighted by Crippen LogP contribution is 2.37. The topological polar surface area (TPSA) is 71.3 Å². The molecule has 0 saturated heterocycles. The molecule has 2 aromatic carbocycles. The predicted octanol–water partition coefficient (Wildman–Crippen LogP) is 5.30. The minimum Gasteiger partial charge on any atom is -0.493 e. The van der Waals surface area contributed by atoms with Gasteiger partial charge in [0.2, 0.25) is 0 Å². The number of carbonyl (C=O) groups is 1. The molecule has 0 spiro atoms. The Labute approximate surface area is 170 Å². The molecule has 6 heteroatoms. The molecule has 0 aliphatic carbocycles. The minimum atomic E-state index is -0.488. The normalized spacial score (nSPS) is 10.9. The van der Waals surface area contributed by atoms with E-state index in [-0.39, 0.29) is 5.57 Å². The highest BCUT2D eigenvalue weighted by molar-refractivity contribution is 6.32. The Morgan fingerprint density at radius 1 is 1.32 bits per heavy atom. The van der Waals surface area contributed by atoms with Crippen molar-refractivity contribution in [2.45, 2.75) is 27.2 Å². The van der Waals surface area contributed by atoms with Crippen molar-refractivity contribution in [3.63, 3.8) is 0 Å². The lowest BCUT2D eigenvalue weighted by atomic mass is 10.1. The molecule has 146 valence electrons. The van der Waals surface area contributed by atoms with Gasteiger partial charge in [0.1, 0.15) is 11.6 Å². The Morgan fingerprint density at radius 2 is 2.07 bits per heavy atom. The zero-order valence-corrected chi connectivity index (χ0v) is 17.2. The molecule has 0 bridgehead atoms. The maximum Gasteiger partial charge on any atom is 0.266 e. The molecule has 0 radical (unpaired) electrons. The van der Waals surface area contributed by atoms with Gasteiger partial charge >= 0.3 is 0 Å². The van der Waals surface area contributed by atoms with Gasteiger partial charge in [0.15, 0.2) is 11.5 Å². The highest BCUT2D eigenvalue weighted by Gasteiger charge is 2.15. The first-order valence-electron chi connectivity index (χ1n) is 8.91. The van der Waals surface area contributed by atoms with Crippen molar-refractivity contribution >= 4 is 29.3 Å². The molecular formula is C22H23ClN2O3. The Bertz CT molecular complexity index is 946. The van der Waals surface area contributed by atoms with E-state index in [0.29, 0.717) is 34.4 Å². The van der Waals surface area contributed by atoms with Crippen LogP contribution in [0.15, 0.2) is 35.9 Å². The third-order valence-corrected chi connectivity index (χ3v) is 4.51. The average molecular weight is 399 g/mol. The summed E-state index contributed by atoms with van der Waals surface area (Å²) in [5.74, 6) is 0.401. The molecule has 0 unspecified atom stereocenters. The third-order valence-electron chi connectivity index (χ3n) is 4.23. The first kappa shape index (κ1) is 21.3. The number of halogens is 1. The molecule has 0 fully saturated rings. The van der Waals surface area contributed by atoms with Gasteiger partial charge < -0.3 is 14.8 Å². The number of aryl methyl sites for hydroxylation is 1. The number of hydrogen-bond donors (Lipinski definition) is 1. The number of carbonyl (C=O) groups excluding carboxylic acids is 1. The Balaban J connectivity index is 2.33. The van der Waals surface area contributed by atoms with Crippen LogP contribution >= 0.6 is 11.6 Å². The maximum absolute atomic E-state index is 12.6. The monoisotopic (exact) mass is 398 g/mol. The fourth-order valence-electron chi connectivity index (χ4n) is 2.56. The molecule has 5 nitrogen and oxygen atoms in total. The third kappa shape index (κ3) is 5.05. The number of amides is 1. The second-order valence-corrected chi connectivity index (χ2v) is 6.66. The number of nitrogens with zero attached hydrogens (tertiary/aromatic N) is 1. The number of hydrogen-bond acceptors (Lipinski definition) is 4. The number of ether oxygens (including phenoxy) is 2. The van der Waals surface area contributed by atoms with Crippen LogP contribution in [0, 0.1) is 25.2 Å². The van der Waals surface area contributed by atoms with Crippen LogP contribution in [0.5, 0.6) is 11.5 Å². The Kier molecular flexibility index (Phi) is 7.48. The molecule has 28 heavy (non-hydrogen) atoms. The Morgan fingerprint density at radius 3 is 2.71 bits per heavy atom. The molecule has 1 N–H and O–H groups in total. The molecule has 1 amide bonds. The molecule has 0 heterocycles. The molecular weight excluding hydrogens is 376 g/mol. The van der Waals surface area contributed by atoms with Crippen LogP contribution in [0.4, 0.5) is 5.69 Å². The quantitative estimate of drug-likeness (QED) is 0.507. The van der Waals surface area contributed by atoms with Crippen molar-refractivity contribution in [2.24, 2.45) is 0 Å². The summed E-state index contributed by atoms with van der Waals surface area (Å²) in [6.45, 7) is 6.38. The van der Waals surface area contributed by atoms with E-state index >= 15 is 0 Å². The summed E-state index contributed by atoms with van der Waals surface area (Å²) in [4.78, 5) is 12.6. The minimum absolute atomic E-state index is 0.0405. The first-order valence-corrected chi connectivity index (χ1v) is 9.28. The lowest BCUT2D eigenvalue weighted by Gasteiger charge is -2.13. The summed E-state index contributed by atoms with van der Waals surface area (Å²) in [7, 11) is 1.51. The first-order chi connectivity index (χ1) is 13.4. The van der Waals surface area contributed by atoms with E-state index in [9.17, 15) is 10.1 Å². The van der Waals surface area contributed by atoms with Gasteiger partial charge in [-0.25, -0.2) is 0 Å². The average Bonchev–Trinajstić information content (AvgIpc) is 2.68. The largest absolute Gasteiger partial charge is 0.493 e. The maximum atomic E-state index is 12.6. The second kappa shape index (κ2) is 9.82. The fraction of sp³-hybridized carbons (Fsp3) is 0.273. The van der Waals surface area contributed by atoms with Crippen LogP contribution in [0.25, 0.3) is 6.08 Å². The van der Waals surface area contributed by atoms with Crippen molar-refractivity contribution < 1.29 is 14.3 Å². The summed E-state index contributed by atoms with van der Waals surface area (Å²) < 4.78 is 11.0. The number of nitrogens with one attached hydrogen (secondary N) is 1. The van der Waals surface area contributed by atoms with Crippen molar-refractivity contribution in [3.05, 3.63) is 57.6 Å². The van der Waals surface area contributed by atoms with Gasteiger partial charge in [-0.3, -0.25) is 4.79 Å². The van der Waals surface area contributed by atoms with E-state index in [1.165, 1.54) is 13.2 Å². The number of benzene rings is 2. The zero-order valence-electron chi connectivity index (χ0n) is 16.4. The van der Waals surface area contributed by atoms with E-state index in [4.69, 9.17) is 21.1 Å². The summed E-state index contributed by atoms with van der Waals surface area (Å²) in [6, 6.07) is 10.9. The van der Waals surface area contributed by atoms with Gasteiger partial charge in [0.05, 0.1) is 18.7 Å². The smallest absolute Gasteiger partial charge is 0.266 e. The van der Waals surface area contributed by atoms with Crippen molar-refractivity contribution in [1.82, 2.24) is 0 Å². The lowest BCUT2D eigenvalue weighted by molar-refractivity contribution is -0.112. The van der Waals surface area contributed by atoms with Crippen LogP contribution in [-0.4, -0.2) is 19.6 Å². The number of anilines is 1. The molecule has 0 aromatic heterocycles. The van der Waals surface area contributed by atoms with Gasteiger partial charge in [-0.2, -0.15) is 5.26 Å². The van der Waals surface area contributed by atoms with Crippen LogP contribution in [0.1, 0.15) is 30.0 Å². The van der Waals surface area contributed by atoms with Gasteiger partial charge in [0, 0.05) is 5.69 Å². The van der Waals surface area contributed by atoms with E-state index in [0.717, 1.165) is 17.5 Å². The molecule has 0 aliphatic heterocycles. The van der Waals surface area contributed by atoms with E-state index < -0.39 is 5.91 Å². The number of rotatable bonds is 7. The van der Waals surface area contributed by atoms with E-state index in [2.05, 4.69) is 5.32 Å². The molecule has 2 aromatic rings. The van der Waals surface area contributed by atoms with Crippen molar-refractivity contribution in [3.8, 4) is 17.6 Å². The number of nitriles is 1. The van der Waals surface area contributed by atoms with E-state index in [1.54, 1.807) is 18.2 Å². The molecule has 0 atom stereocenters. The van der Waals surface area contributed by atoms with Crippen molar-refractivity contribution in [1.29, 1.82) is 5.26 Å². The second-order valence-electron chi connectivity index (χ2n) is 6.25. The SMILES string of the molecule is CCCOc1c(Cl)cc(/C=C(\C#N)C(=O)Nc2cccc(C)c2C)cc1OC. The van der Waals surface area contributed by atoms with Crippen molar-refractivity contribution in [2.75, 3.05) is 19.0 Å². The predicted molar refractivity (Wildman–Crippen MR) is 112 cm³/mol. The zero-order chi connectivity index (χ0) is 20.7. The highest BCUT2D eigenvalue weighted by atomic mass is 35.5. The summed E-state index contributed by atoms with van der Waals surface area (Å²) >= 11 is 6.31. The lowest BCUT2D eigenvalue weighted by Crippen LogP contribution is -2.14.